The minimum absolute atomic E-state index is 0.0317. The summed E-state index contributed by atoms with van der Waals surface area (Å²) < 4.78 is 0. The lowest BCUT2D eigenvalue weighted by molar-refractivity contribution is -0.140. The summed E-state index contributed by atoms with van der Waals surface area (Å²) in [4.78, 5) is 67.5. The third-order valence-electron chi connectivity index (χ3n) is 4.66. The highest BCUT2D eigenvalue weighted by atomic mass is 16.4. The Bertz CT molecular complexity index is 873. The number of urea groups is 1. The van der Waals surface area contributed by atoms with Crippen LogP contribution in [0.3, 0.4) is 0 Å². The molecule has 2 atom stereocenters. The fourth-order valence-electron chi connectivity index (χ4n) is 2.85. The first kappa shape index (κ1) is 27.9. The van der Waals surface area contributed by atoms with Crippen molar-refractivity contribution in [2.24, 2.45) is 0 Å². The maximum absolute atomic E-state index is 12.1. The van der Waals surface area contributed by atoms with Crippen molar-refractivity contribution in [1.82, 2.24) is 21.3 Å². The Hall–Kier alpha value is -4.16. The first-order valence-corrected chi connectivity index (χ1v) is 10.4. The standard InChI is InChI=1S/C21H28N4O9/c26-12-22-11-13-4-6-14(7-5-13)18(29)23-10-2-1-3-15(19(30)31)24-21(34)25-16(20(32)33)8-9-17(27)28/h4-7,12,15-16H,1-3,8-11H2,(H,22,26)(H,23,29)(H,27,28)(H,30,31)(H,32,33)(H2,24,25,34). The Morgan fingerprint density at radius 3 is 1.97 bits per heavy atom. The second-order valence-electron chi connectivity index (χ2n) is 7.28. The predicted octanol–water partition coefficient (Wildman–Crippen LogP) is -0.0969. The number of hydrogen-bond acceptors (Lipinski definition) is 6. The number of unbranched alkanes of at least 4 members (excludes halogenated alkanes) is 1. The van der Waals surface area contributed by atoms with Crippen LogP contribution in [0.15, 0.2) is 24.3 Å². The van der Waals surface area contributed by atoms with E-state index in [9.17, 15) is 33.9 Å². The van der Waals surface area contributed by atoms with E-state index in [2.05, 4.69) is 21.3 Å². The van der Waals surface area contributed by atoms with Gasteiger partial charge in [-0.2, -0.15) is 0 Å². The lowest BCUT2D eigenvalue weighted by Gasteiger charge is -2.18. The van der Waals surface area contributed by atoms with Crippen molar-refractivity contribution in [3.63, 3.8) is 0 Å². The summed E-state index contributed by atoms with van der Waals surface area (Å²) in [5, 5.41) is 36.4. The van der Waals surface area contributed by atoms with Gasteiger partial charge in [0.25, 0.3) is 5.91 Å². The van der Waals surface area contributed by atoms with Gasteiger partial charge in [0.15, 0.2) is 0 Å². The van der Waals surface area contributed by atoms with Crippen molar-refractivity contribution in [2.75, 3.05) is 6.54 Å². The molecule has 0 aliphatic carbocycles. The van der Waals surface area contributed by atoms with E-state index in [1.165, 1.54) is 0 Å². The molecule has 0 fully saturated rings. The molecule has 7 N–H and O–H groups in total. The fourth-order valence-corrected chi connectivity index (χ4v) is 2.85. The Morgan fingerprint density at radius 2 is 1.44 bits per heavy atom. The maximum Gasteiger partial charge on any atom is 0.326 e. The van der Waals surface area contributed by atoms with Crippen LogP contribution >= 0.6 is 0 Å². The van der Waals surface area contributed by atoms with E-state index in [1.807, 2.05) is 0 Å². The van der Waals surface area contributed by atoms with Crippen LogP contribution in [0.4, 0.5) is 4.79 Å². The van der Waals surface area contributed by atoms with E-state index in [1.54, 1.807) is 24.3 Å². The summed E-state index contributed by atoms with van der Waals surface area (Å²) >= 11 is 0. The van der Waals surface area contributed by atoms with Crippen LogP contribution in [0, 0.1) is 0 Å². The zero-order chi connectivity index (χ0) is 25.5. The van der Waals surface area contributed by atoms with Crippen molar-refractivity contribution < 1.29 is 44.1 Å². The van der Waals surface area contributed by atoms with E-state index in [0.717, 1.165) is 5.56 Å². The number of amides is 4. The first-order valence-electron chi connectivity index (χ1n) is 10.4. The summed E-state index contributed by atoms with van der Waals surface area (Å²) in [5.74, 6) is -4.30. The minimum Gasteiger partial charge on any atom is -0.481 e. The maximum atomic E-state index is 12.1. The van der Waals surface area contributed by atoms with Crippen LogP contribution in [-0.4, -0.2) is 70.2 Å². The highest BCUT2D eigenvalue weighted by molar-refractivity contribution is 5.94. The second kappa shape index (κ2) is 14.8. The molecular formula is C21H28N4O9. The third kappa shape index (κ3) is 10.9. The van der Waals surface area contributed by atoms with E-state index >= 15 is 0 Å². The van der Waals surface area contributed by atoms with E-state index in [-0.39, 0.29) is 25.3 Å². The number of carboxylic acid groups (broad SMARTS) is 3. The van der Waals surface area contributed by atoms with Crippen molar-refractivity contribution in [3.8, 4) is 0 Å². The average Bonchev–Trinajstić information content (AvgIpc) is 2.79. The largest absolute Gasteiger partial charge is 0.481 e. The molecule has 186 valence electrons. The van der Waals surface area contributed by atoms with Crippen LogP contribution in [0.25, 0.3) is 0 Å². The molecule has 0 bridgehead atoms. The third-order valence-corrected chi connectivity index (χ3v) is 4.66. The summed E-state index contributed by atoms with van der Waals surface area (Å²) in [6.07, 6.45) is 0.545. The summed E-state index contributed by atoms with van der Waals surface area (Å²) in [6.45, 7) is 0.615. The van der Waals surface area contributed by atoms with Gasteiger partial charge >= 0.3 is 23.9 Å². The van der Waals surface area contributed by atoms with E-state index in [4.69, 9.17) is 10.2 Å². The van der Waals surface area contributed by atoms with E-state index in [0.29, 0.717) is 31.4 Å². The quantitative estimate of drug-likeness (QED) is 0.124. The number of carboxylic acids is 3. The molecule has 0 aliphatic heterocycles. The molecule has 0 aliphatic rings. The molecule has 1 rings (SSSR count). The number of carbonyl (C=O) groups excluding carboxylic acids is 3. The lowest BCUT2D eigenvalue weighted by atomic mass is 10.1. The van der Waals surface area contributed by atoms with Gasteiger partial charge in [-0.05, 0) is 43.4 Å². The van der Waals surface area contributed by atoms with Gasteiger partial charge in [-0.3, -0.25) is 14.4 Å². The highest BCUT2D eigenvalue weighted by Gasteiger charge is 2.24. The fraction of sp³-hybridized carbons (Fsp3) is 0.429. The first-order chi connectivity index (χ1) is 16.1. The molecule has 4 amide bonds. The van der Waals surface area contributed by atoms with Crippen LogP contribution in [0.1, 0.15) is 48.0 Å². The monoisotopic (exact) mass is 480 g/mol. The van der Waals surface area contributed by atoms with E-state index < -0.39 is 42.4 Å². The SMILES string of the molecule is O=CNCc1ccc(C(=O)NCCCCC(NC(=O)NC(CCC(=O)O)C(=O)O)C(=O)O)cc1. The van der Waals surface area contributed by atoms with Crippen molar-refractivity contribution >= 4 is 36.3 Å². The van der Waals surface area contributed by atoms with Crippen LogP contribution in [0.2, 0.25) is 0 Å². The molecule has 2 unspecified atom stereocenters. The molecule has 34 heavy (non-hydrogen) atoms. The van der Waals surface area contributed by atoms with Gasteiger partial charge < -0.3 is 36.6 Å². The molecule has 13 heteroatoms. The molecular weight excluding hydrogens is 452 g/mol. The Kier molecular flexibility index (Phi) is 12.1. The molecule has 0 heterocycles. The van der Waals surface area contributed by atoms with Gasteiger partial charge in [0, 0.05) is 25.1 Å². The lowest BCUT2D eigenvalue weighted by Crippen LogP contribution is -2.51. The van der Waals surface area contributed by atoms with Gasteiger partial charge in [-0.15, -0.1) is 0 Å². The van der Waals surface area contributed by atoms with Crippen molar-refractivity contribution in [3.05, 3.63) is 35.4 Å². The molecule has 0 saturated carbocycles. The smallest absolute Gasteiger partial charge is 0.326 e. The van der Waals surface area contributed by atoms with Crippen molar-refractivity contribution in [2.45, 2.75) is 50.7 Å². The second-order valence-corrected chi connectivity index (χ2v) is 7.28. The summed E-state index contributed by atoms with van der Waals surface area (Å²) in [5.41, 5.74) is 1.25. The average molecular weight is 480 g/mol. The van der Waals surface area contributed by atoms with Gasteiger partial charge in [-0.1, -0.05) is 12.1 Å². The van der Waals surface area contributed by atoms with Crippen LogP contribution in [-0.2, 0) is 25.7 Å². The molecule has 1 aromatic rings. The van der Waals surface area contributed by atoms with Crippen molar-refractivity contribution in [1.29, 1.82) is 0 Å². The van der Waals surface area contributed by atoms with Gasteiger partial charge in [0.2, 0.25) is 6.41 Å². The number of nitrogens with one attached hydrogen (secondary N) is 4. The zero-order valence-electron chi connectivity index (χ0n) is 18.3. The van der Waals surface area contributed by atoms with Crippen LogP contribution < -0.4 is 21.3 Å². The number of benzene rings is 1. The number of aliphatic carboxylic acids is 3. The Morgan fingerprint density at radius 1 is 0.853 bits per heavy atom. The molecule has 0 radical (unpaired) electrons. The topological polar surface area (TPSA) is 211 Å². The summed E-state index contributed by atoms with van der Waals surface area (Å²) in [7, 11) is 0. The zero-order valence-corrected chi connectivity index (χ0v) is 18.3. The van der Waals surface area contributed by atoms with Gasteiger partial charge in [0.05, 0.1) is 0 Å². The Labute approximate surface area is 194 Å². The van der Waals surface area contributed by atoms with Crippen LogP contribution in [0.5, 0.6) is 0 Å². The highest BCUT2D eigenvalue weighted by Crippen LogP contribution is 2.06. The minimum atomic E-state index is -1.48. The number of hydrogen-bond donors (Lipinski definition) is 7. The molecule has 13 nitrogen and oxygen atoms in total. The molecule has 0 aromatic heterocycles. The summed E-state index contributed by atoms with van der Waals surface area (Å²) in [6, 6.07) is 2.83. The normalized spacial score (nSPS) is 12.0. The van der Waals surface area contributed by atoms with Gasteiger partial charge in [0.1, 0.15) is 12.1 Å². The number of carbonyl (C=O) groups is 6. The molecule has 1 aromatic carbocycles. The predicted molar refractivity (Wildman–Crippen MR) is 117 cm³/mol. The molecule has 0 spiro atoms. The number of rotatable bonds is 16. The van der Waals surface area contributed by atoms with Gasteiger partial charge in [-0.25, -0.2) is 14.4 Å². The molecule has 0 saturated heterocycles. The Balaban J connectivity index is 2.41.